The van der Waals surface area contributed by atoms with Crippen LogP contribution in [0, 0.1) is 0 Å². The third kappa shape index (κ3) is 4.47. The summed E-state index contributed by atoms with van der Waals surface area (Å²) in [5.41, 5.74) is 7.34. The van der Waals surface area contributed by atoms with E-state index in [4.69, 9.17) is 17.3 Å². The SMILES string of the molecule is CCC(N)C(SC(C)C(C)O)c1cccc(Cl)c1. The highest BCUT2D eigenvalue weighted by Gasteiger charge is 2.23. The van der Waals surface area contributed by atoms with Crippen molar-refractivity contribution >= 4 is 23.4 Å². The van der Waals surface area contributed by atoms with Gasteiger partial charge in [0.2, 0.25) is 0 Å². The molecule has 1 aromatic carbocycles. The highest BCUT2D eigenvalue weighted by atomic mass is 35.5. The average molecular weight is 288 g/mol. The first-order valence-corrected chi connectivity index (χ1v) is 7.62. The smallest absolute Gasteiger partial charge is 0.0628 e. The second kappa shape index (κ2) is 7.39. The molecule has 18 heavy (non-hydrogen) atoms. The zero-order chi connectivity index (χ0) is 13.7. The van der Waals surface area contributed by atoms with Crippen LogP contribution in [0.15, 0.2) is 24.3 Å². The Morgan fingerprint density at radius 2 is 2.06 bits per heavy atom. The van der Waals surface area contributed by atoms with E-state index in [2.05, 4.69) is 6.92 Å². The minimum atomic E-state index is -0.347. The molecule has 0 aliphatic heterocycles. The first-order valence-electron chi connectivity index (χ1n) is 6.30. The van der Waals surface area contributed by atoms with Crippen molar-refractivity contribution in [2.45, 2.75) is 49.8 Å². The normalized spacial score (nSPS) is 18.1. The van der Waals surface area contributed by atoms with Crippen LogP contribution >= 0.6 is 23.4 Å². The maximum Gasteiger partial charge on any atom is 0.0628 e. The van der Waals surface area contributed by atoms with E-state index in [1.54, 1.807) is 11.8 Å². The summed E-state index contributed by atoms with van der Waals surface area (Å²) in [6.45, 7) is 5.91. The van der Waals surface area contributed by atoms with Gasteiger partial charge in [0, 0.05) is 21.6 Å². The Morgan fingerprint density at radius 3 is 2.56 bits per heavy atom. The Morgan fingerprint density at radius 1 is 1.39 bits per heavy atom. The molecule has 4 unspecified atom stereocenters. The number of rotatable bonds is 6. The number of hydrogen-bond donors (Lipinski definition) is 2. The molecule has 0 bridgehead atoms. The first-order chi connectivity index (χ1) is 8.45. The molecule has 0 heterocycles. The number of benzene rings is 1. The summed E-state index contributed by atoms with van der Waals surface area (Å²) in [5, 5.41) is 10.7. The fraction of sp³-hybridized carbons (Fsp3) is 0.571. The van der Waals surface area contributed by atoms with Gasteiger partial charge < -0.3 is 10.8 Å². The van der Waals surface area contributed by atoms with Crippen molar-refractivity contribution in [3.05, 3.63) is 34.9 Å². The second-order valence-corrected chi connectivity index (χ2v) is 6.59. The Balaban J connectivity index is 2.91. The predicted octanol–water partition coefficient (Wildman–Crippen LogP) is 3.62. The Labute approximate surface area is 119 Å². The van der Waals surface area contributed by atoms with E-state index >= 15 is 0 Å². The lowest BCUT2D eigenvalue weighted by molar-refractivity contribution is 0.196. The number of halogens is 1. The summed E-state index contributed by atoms with van der Waals surface area (Å²) >= 11 is 7.75. The maximum atomic E-state index is 9.64. The van der Waals surface area contributed by atoms with E-state index in [-0.39, 0.29) is 22.6 Å². The molecule has 1 aromatic rings. The van der Waals surface area contributed by atoms with Gasteiger partial charge in [-0.05, 0) is 31.0 Å². The van der Waals surface area contributed by atoms with E-state index in [9.17, 15) is 5.11 Å². The summed E-state index contributed by atoms with van der Waals surface area (Å²) in [5.74, 6) is 0. The van der Waals surface area contributed by atoms with Gasteiger partial charge in [-0.25, -0.2) is 0 Å². The van der Waals surface area contributed by atoms with Crippen LogP contribution in [0.3, 0.4) is 0 Å². The van der Waals surface area contributed by atoms with Gasteiger partial charge in [-0.1, -0.05) is 37.6 Å². The molecule has 0 aromatic heterocycles. The lowest BCUT2D eigenvalue weighted by Gasteiger charge is -2.27. The third-order valence-electron chi connectivity index (χ3n) is 3.08. The maximum absolute atomic E-state index is 9.64. The van der Waals surface area contributed by atoms with Gasteiger partial charge in [-0.3, -0.25) is 0 Å². The van der Waals surface area contributed by atoms with Crippen molar-refractivity contribution in [1.82, 2.24) is 0 Å². The quantitative estimate of drug-likeness (QED) is 0.840. The standard InChI is InChI=1S/C14H22ClNOS/c1-4-13(16)14(18-10(3)9(2)17)11-6-5-7-12(15)8-11/h5-10,13-14,17H,4,16H2,1-3H3. The summed E-state index contributed by atoms with van der Waals surface area (Å²) in [6, 6.07) is 7.88. The van der Waals surface area contributed by atoms with Crippen LogP contribution in [0.2, 0.25) is 5.02 Å². The number of aliphatic hydroxyl groups is 1. The summed E-state index contributed by atoms with van der Waals surface area (Å²) in [7, 11) is 0. The number of hydrogen-bond acceptors (Lipinski definition) is 3. The average Bonchev–Trinajstić information content (AvgIpc) is 2.34. The van der Waals surface area contributed by atoms with Gasteiger partial charge in [0.15, 0.2) is 0 Å². The number of nitrogens with two attached hydrogens (primary N) is 1. The largest absolute Gasteiger partial charge is 0.392 e. The molecule has 1 rings (SSSR count). The molecule has 0 saturated carbocycles. The molecule has 4 heteroatoms. The topological polar surface area (TPSA) is 46.2 Å². The van der Waals surface area contributed by atoms with Gasteiger partial charge >= 0.3 is 0 Å². The van der Waals surface area contributed by atoms with E-state index in [1.165, 1.54) is 0 Å². The van der Waals surface area contributed by atoms with Crippen LogP contribution in [0.1, 0.15) is 38.0 Å². The minimum Gasteiger partial charge on any atom is -0.392 e. The highest BCUT2D eigenvalue weighted by molar-refractivity contribution is 8.00. The molecule has 0 radical (unpaired) electrons. The minimum absolute atomic E-state index is 0.0645. The van der Waals surface area contributed by atoms with Crippen LogP contribution < -0.4 is 5.73 Å². The zero-order valence-corrected chi connectivity index (χ0v) is 12.7. The van der Waals surface area contributed by atoms with Crippen molar-refractivity contribution in [3.63, 3.8) is 0 Å². The van der Waals surface area contributed by atoms with E-state index in [1.807, 2.05) is 38.1 Å². The lowest BCUT2D eigenvalue weighted by atomic mass is 10.0. The van der Waals surface area contributed by atoms with Gasteiger partial charge in [-0.2, -0.15) is 0 Å². The van der Waals surface area contributed by atoms with Crippen molar-refractivity contribution in [2.75, 3.05) is 0 Å². The molecule has 3 N–H and O–H groups in total. The first kappa shape index (κ1) is 15.8. The zero-order valence-electron chi connectivity index (χ0n) is 11.1. The van der Waals surface area contributed by atoms with Gasteiger partial charge in [-0.15, -0.1) is 11.8 Å². The Kier molecular flexibility index (Phi) is 6.50. The van der Waals surface area contributed by atoms with Crippen LogP contribution in [-0.4, -0.2) is 22.5 Å². The third-order valence-corrected chi connectivity index (χ3v) is 5.05. The molecule has 0 aliphatic carbocycles. The molecule has 0 amide bonds. The van der Waals surface area contributed by atoms with Crippen molar-refractivity contribution in [2.24, 2.45) is 5.73 Å². The van der Waals surface area contributed by atoms with Gasteiger partial charge in [0.1, 0.15) is 0 Å². The summed E-state index contributed by atoms with van der Waals surface area (Å²) in [6.07, 6.45) is 0.553. The molecule has 4 atom stereocenters. The van der Waals surface area contributed by atoms with Gasteiger partial charge in [0.05, 0.1) is 6.10 Å². The van der Waals surface area contributed by atoms with Crippen molar-refractivity contribution < 1.29 is 5.11 Å². The predicted molar refractivity (Wildman–Crippen MR) is 81.2 cm³/mol. The second-order valence-electron chi connectivity index (χ2n) is 4.63. The van der Waals surface area contributed by atoms with Crippen LogP contribution in [0.4, 0.5) is 0 Å². The number of thioether (sulfide) groups is 1. The summed E-state index contributed by atoms with van der Waals surface area (Å²) < 4.78 is 0. The van der Waals surface area contributed by atoms with Crippen LogP contribution in [-0.2, 0) is 0 Å². The fourth-order valence-electron chi connectivity index (χ4n) is 1.67. The van der Waals surface area contributed by atoms with Crippen molar-refractivity contribution in [3.8, 4) is 0 Å². The molecule has 0 aliphatic rings. The molecule has 102 valence electrons. The molecule has 0 spiro atoms. The highest BCUT2D eigenvalue weighted by Crippen LogP contribution is 2.37. The van der Waals surface area contributed by atoms with Gasteiger partial charge in [0.25, 0.3) is 0 Å². The molecule has 0 saturated heterocycles. The van der Waals surface area contributed by atoms with E-state index in [0.29, 0.717) is 0 Å². The number of aliphatic hydroxyl groups excluding tert-OH is 1. The van der Waals surface area contributed by atoms with E-state index in [0.717, 1.165) is 17.0 Å². The lowest BCUT2D eigenvalue weighted by Crippen LogP contribution is -2.28. The van der Waals surface area contributed by atoms with E-state index < -0.39 is 0 Å². The Hall–Kier alpha value is -0.220. The molecule has 0 fully saturated rings. The van der Waals surface area contributed by atoms with Crippen LogP contribution in [0.5, 0.6) is 0 Å². The van der Waals surface area contributed by atoms with Crippen molar-refractivity contribution in [1.29, 1.82) is 0 Å². The Bertz CT molecular complexity index is 373. The molecule has 2 nitrogen and oxygen atoms in total. The monoisotopic (exact) mass is 287 g/mol. The molecular formula is C14H22ClNOS. The summed E-state index contributed by atoms with van der Waals surface area (Å²) in [4.78, 5) is 0. The fourth-order valence-corrected chi connectivity index (χ4v) is 3.26. The van der Waals surface area contributed by atoms with Crippen LogP contribution in [0.25, 0.3) is 0 Å². The molecular weight excluding hydrogens is 266 g/mol.